The van der Waals surface area contributed by atoms with Gasteiger partial charge in [-0.15, -0.1) is 0 Å². The van der Waals surface area contributed by atoms with Crippen LogP contribution < -0.4 is 9.47 Å². The monoisotopic (exact) mass is 286 g/mol. The Bertz CT molecular complexity index is 430. The Morgan fingerprint density at radius 1 is 1.62 bits per heavy atom. The molecule has 4 nitrogen and oxygen atoms in total. The van der Waals surface area contributed by atoms with E-state index < -0.39 is 11.9 Å². The van der Waals surface area contributed by atoms with Crippen molar-refractivity contribution in [2.24, 2.45) is 5.92 Å². The molecule has 1 aromatic rings. The summed E-state index contributed by atoms with van der Waals surface area (Å²) in [6, 6.07) is 3.62. The first-order valence-corrected chi connectivity index (χ1v) is 5.63. The van der Waals surface area contributed by atoms with Crippen molar-refractivity contribution in [2.45, 2.75) is 6.42 Å². The molecule has 0 saturated heterocycles. The minimum atomic E-state index is -0.829. The van der Waals surface area contributed by atoms with Crippen LogP contribution in [-0.2, 0) is 11.2 Å². The number of methoxy groups -OCH3 is 1. The molecule has 86 valence electrons. The molecule has 0 fully saturated rings. The third-order valence-electron chi connectivity index (χ3n) is 2.57. The lowest BCUT2D eigenvalue weighted by molar-refractivity contribution is -0.143. The zero-order valence-corrected chi connectivity index (χ0v) is 10.3. The van der Waals surface area contributed by atoms with Crippen LogP contribution in [-0.4, -0.2) is 24.8 Å². The molecule has 1 unspecified atom stereocenters. The molecule has 1 aliphatic rings. The van der Waals surface area contributed by atoms with E-state index in [-0.39, 0.29) is 6.61 Å². The number of aliphatic carboxylic acids is 1. The summed E-state index contributed by atoms with van der Waals surface area (Å²) in [7, 11) is 1.58. The SMILES string of the molecule is COc1cc(Br)c2c(c1)CC(C(=O)O)CO2. The number of halogens is 1. The van der Waals surface area contributed by atoms with Crippen LogP contribution in [0.2, 0.25) is 0 Å². The number of benzene rings is 1. The highest BCUT2D eigenvalue weighted by atomic mass is 79.9. The van der Waals surface area contributed by atoms with Crippen molar-refractivity contribution < 1.29 is 19.4 Å². The largest absolute Gasteiger partial charge is 0.497 e. The second kappa shape index (κ2) is 4.33. The van der Waals surface area contributed by atoms with Crippen LogP contribution in [0.5, 0.6) is 11.5 Å². The molecule has 2 rings (SSSR count). The molecule has 0 spiro atoms. The summed E-state index contributed by atoms with van der Waals surface area (Å²) in [6.07, 6.45) is 0.473. The first-order chi connectivity index (χ1) is 7.61. The van der Waals surface area contributed by atoms with E-state index in [0.29, 0.717) is 12.2 Å². The van der Waals surface area contributed by atoms with E-state index in [4.69, 9.17) is 14.6 Å². The Morgan fingerprint density at radius 3 is 3.00 bits per heavy atom. The molecule has 16 heavy (non-hydrogen) atoms. The van der Waals surface area contributed by atoms with Crippen LogP contribution in [0.1, 0.15) is 5.56 Å². The number of fused-ring (bicyclic) bond motifs is 1. The van der Waals surface area contributed by atoms with E-state index in [9.17, 15) is 4.79 Å². The summed E-state index contributed by atoms with van der Waals surface area (Å²) >= 11 is 3.38. The minimum absolute atomic E-state index is 0.216. The van der Waals surface area contributed by atoms with Crippen molar-refractivity contribution in [1.29, 1.82) is 0 Å². The van der Waals surface area contributed by atoms with E-state index in [0.717, 1.165) is 15.8 Å². The van der Waals surface area contributed by atoms with E-state index in [1.54, 1.807) is 13.2 Å². The van der Waals surface area contributed by atoms with Gasteiger partial charge in [0.2, 0.25) is 0 Å². The zero-order valence-electron chi connectivity index (χ0n) is 8.70. The molecular formula is C11H11BrO4. The maximum absolute atomic E-state index is 10.9. The van der Waals surface area contributed by atoms with Gasteiger partial charge in [-0.1, -0.05) is 0 Å². The van der Waals surface area contributed by atoms with E-state index >= 15 is 0 Å². The maximum Gasteiger partial charge on any atom is 0.310 e. The second-order valence-corrected chi connectivity index (χ2v) is 4.50. The van der Waals surface area contributed by atoms with E-state index in [1.807, 2.05) is 6.07 Å². The molecule has 1 N–H and O–H groups in total. The summed E-state index contributed by atoms with van der Waals surface area (Å²) in [5.74, 6) is 0.106. The van der Waals surface area contributed by atoms with Gasteiger partial charge in [0, 0.05) is 0 Å². The number of rotatable bonds is 2. The predicted molar refractivity (Wildman–Crippen MR) is 61.0 cm³/mol. The lowest BCUT2D eigenvalue weighted by Crippen LogP contribution is -2.28. The van der Waals surface area contributed by atoms with Crippen molar-refractivity contribution in [3.63, 3.8) is 0 Å². The standard InChI is InChI=1S/C11H11BrO4/c1-15-8-3-6-2-7(11(13)14)5-16-10(6)9(12)4-8/h3-4,7H,2,5H2,1H3,(H,13,14). The van der Waals surface area contributed by atoms with E-state index in [1.165, 1.54) is 0 Å². The highest BCUT2D eigenvalue weighted by Gasteiger charge is 2.27. The molecule has 1 aromatic carbocycles. The van der Waals surface area contributed by atoms with Gasteiger partial charge in [0.15, 0.2) is 0 Å². The van der Waals surface area contributed by atoms with Crippen LogP contribution in [0.15, 0.2) is 16.6 Å². The van der Waals surface area contributed by atoms with Gasteiger partial charge in [0.1, 0.15) is 18.1 Å². The van der Waals surface area contributed by atoms with Crippen molar-refractivity contribution in [3.8, 4) is 11.5 Å². The second-order valence-electron chi connectivity index (χ2n) is 3.65. The lowest BCUT2D eigenvalue weighted by atomic mass is 9.97. The highest BCUT2D eigenvalue weighted by molar-refractivity contribution is 9.10. The van der Waals surface area contributed by atoms with Crippen LogP contribution in [0.3, 0.4) is 0 Å². The Balaban J connectivity index is 2.36. The Hall–Kier alpha value is -1.23. The predicted octanol–water partition coefficient (Wildman–Crippen LogP) is 2.09. The van der Waals surface area contributed by atoms with Crippen molar-refractivity contribution in [2.75, 3.05) is 13.7 Å². The number of carbonyl (C=O) groups is 1. The molecule has 0 aliphatic carbocycles. The highest BCUT2D eigenvalue weighted by Crippen LogP contribution is 2.37. The fourth-order valence-electron chi connectivity index (χ4n) is 1.72. The van der Waals surface area contributed by atoms with Crippen molar-refractivity contribution >= 4 is 21.9 Å². The molecule has 0 bridgehead atoms. The van der Waals surface area contributed by atoms with Gasteiger partial charge in [-0.3, -0.25) is 4.79 Å². The van der Waals surface area contributed by atoms with Crippen molar-refractivity contribution in [3.05, 3.63) is 22.2 Å². The van der Waals surface area contributed by atoms with Gasteiger partial charge in [-0.05, 0) is 40.0 Å². The topological polar surface area (TPSA) is 55.8 Å². The Kier molecular flexibility index (Phi) is 3.05. The molecule has 0 aromatic heterocycles. The number of hydrogen-bond donors (Lipinski definition) is 1. The van der Waals surface area contributed by atoms with Gasteiger partial charge in [-0.25, -0.2) is 0 Å². The molecule has 1 aliphatic heterocycles. The van der Waals surface area contributed by atoms with E-state index in [2.05, 4.69) is 15.9 Å². The number of hydrogen-bond acceptors (Lipinski definition) is 3. The van der Waals surface area contributed by atoms with Gasteiger partial charge in [-0.2, -0.15) is 0 Å². The molecular weight excluding hydrogens is 276 g/mol. The summed E-state index contributed by atoms with van der Waals surface area (Å²) in [5.41, 5.74) is 0.866. The van der Waals surface area contributed by atoms with Crippen molar-refractivity contribution in [1.82, 2.24) is 0 Å². The Labute approximate surface area is 101 Å². The lowest BCUT2D eigenvalue weighted by Gasteiger charge is -2.24. The average molecular weight is 287 g/mol. The van der Waals surface area contributed by atoms with Gasteiger partial charge < -0.3 is 14.6 Å². The van der Waals surface area contributed by atoms with Crippen LogP contribution >= 0.6 is 15.9 Å². The number of carboxylic acids is 1. The fraction of sp³-hybridized carbons (Fsp3) is 0.364. The smallest absolute Gasteiger partial charge is 0.310 e. The first kappa shape index (κ1) is 11.3. The third kappa shape index (κ3) is 2.00. The number of carboxylic acid groups (broad SMARTS) is 1. The molecule has 0 saturated carbocycles. The third-order valence-corrected chi connectivity index (χ3v) is 3.16. The molecule has 1 atom stereocenters. The van der Waals surface area contributed by atoms with Gasteiger partial charge >= 0.3 is 5.97 Å². The average Bonchev–Trinajstić information content (AvgIpc) is 2.28. The van der Waals surface area contributed by atoms with Gasteiger partial charge in [0.05, 0.1) is 17.5 Å². The van der Waals surface area contributed by atoms with Crippen LogP contribution in [0.25, 0.3) is 0 Å². The van der Waals surface area contributed by atoms with Crippen LogP contribution in [0.4, 0.5) is 0 Å². The summed E-state index contributed by atoms with van der Waals surface area (Å²) in [6.45, 7) is 0.216. The summed E-state index contributed by atoms with van der Waals surface area (Å²) in [4.78, 5) is 10.9. The molecule has 5 heteroatoms. The maximum atomic E-state index is 10.9. The molecule has 1 heterocycles. The van der Waals surface area contributed by atoms with Crippen LogP contribution in [0, 0.1) is 5.92 Å². The quantitative estimate of drug-likeness (QED) is 0.905. The minimum Gasteiger partial charge on any atom is -0.497 e. The Morgan fingerprint density at radius 2 is 2.38 bits per heavy atom. The summed E-state index contributed by atoms with van der Waals surface area (Å²) < 4.78 is 11.4. The van der Waals surface area contributed by atoms with Gasteiger partial charge in [0.25, 0.3) is 0 Å². The number of ether oxygens (including phenoxy) is 2. The summed E-state index contributed by atoms with van der Waals surface area (Å²) in [5, 5.41) is 8.94. The zero-order chi connectivity index (χ0) is 11.7. The fourth-order valence-corrected chi connectivity index (χ4v) is 2.32. The normalized spacial score (nSPS) is 18.5. The first-order valence-electron chi connectivity index (χ1n) is 4.84. The molecule has 0 radical (unpaired) electrons. The molecule has 0 amide bonds.